The fourth-order valence-electron chi connectivity index (χ4n) is 3.70. The molecule has 0 atom stereocenters. The maximum absolute atomic E-state index is 13.3. The Hall–Kier alpha value is -4.00. The molecule has 1 aliphatic carbocycles. The normalized spacial score (nSPS) is 14.9. The SMILES string of the molecule is O=C(NCC1(c2ccccc2)CC1)/C(=C/c1ccco1)n1nnnc1-c1ccccc1. The number of amides is 1. The summed E-state index contributed by atoms with van der Waals surface area (Å²) in [5, 5.41) is 15.1. The summed E-state index contributed by atoms with van der Waals surface area (Å²) in [6, 6.07) is 23.4. The zero-order valence-corrected chi connectivity index (χ0v) is 16.8. The minimum absolute atomic E-state index is 0.00438. The molecule has 0 radical (unpaired) electrons. The molecule has 2 aromatic heterocycles. The van der Waals surface area contributed by atoms with Crippen molar-refractivity contribution in [3.05, 3.63) is 90.4 Å². The summed E-state index contributed by atoms with van der Waals surface area (Å²) < 4.78 is 6.90. The zero-order chi connectivity index (χ0) is 21.1. The lowest BCUT2D eigenvalue weighted by molar-refractivity contribution is -0.116. The predicted molar refractivity (Wildman–Crippen MR) is 116 cm³/mol. The second kappa shape index (κ2) is 8.02. The van der Waals surface area contributed by atoms with E-state index in [-0.39, 0.29) is 11.3 Å². The van der Waals surface area contributed by atoms with E-state index in [1.165, 1.54) is 10.2 Å². The molecule has 7 heteroatoms. The van der Waals surface area contributed by atoms with Crippen LogP contribution < -0.4 is 5.32 Å². The van der Waals surface area contributed by atoms with Crippen molar-refractivity contribution in [2.45, 2.75) is 18.3 Å². The van der Waals surface area contributed by atoms with E-state index in [0.717, 1.165) is 18.4 Å². The molecule has 4 aromatic rings. The molecule has 31 heavy (non-hydrogen) atoms. The molecule has 2 aromatic carbocycles. The van der Waals surface area contributed by atoms with Crippen molar-refractivity contribution < 1.29 is 9.21 Å². The average molecular weight is 411 g/mol. The fourth-order valence-corrected chi connectivity index (χ4v) is 3.70. The summed E-state index contributed by atoms with van der Waals surface area (Å²) in [4.78, 5) is 13.3. The van der Waals surface area contributed by atoms with Crippen molar-refractivity contribution in [3.8, 4) is 11.4 Å². The second-order valence-corrected chi connectivity index (χ2v) is 7.65. The Morgan fingerprint density at radius 3 is 2.45 bits per heavy atom. The molecule has 0 unspecified atom stereocenters. The molecule has 1 fully saturated rings. The number of benzene rings is 2. The van der Waals surface area contributed by atoms with Crippen molar-refractivity contribution >= 4 is 17.7 Å². The van der Waals surface area contributed by atoms with E-state index < -0.39 is 0 Å². The number of tetrazole rings is 1. The molecule has 1 N–H and O–H groups in total. The number of hydrogen-bond donors (Lipinski definition) is 1. The Bertz CT molecular complexity index is 1190. The summed E-state index contributed by atoms with van der Waals surface area (Å²) in [7, 11) is 0. The summed E-state index contributed by atoms with van der Waals surface area (Å²) in [5.41, 5.74) is 2.35. The van der Waals surface area contributed by atoms with E-state index in [1.54, 1.807) is 24.5 Å². The molecule has 0 spiro atoms. The summed E-state index contributed by atoms with van der Waals surface area (Å²) in [6.45, 7) is 0.550. The highest BCUT2D eigenvalue weighted by atomic mass is 16.3. The van der Waals surface area contributed by atoms with Crippen molar-refractivity contribution in [2.24, 2.45) is 0 Å². The standard InChI is InChI=1S/C24H21N5O2/c30-23(25-17-24(13-14-24)19-10-5-2-6-11-19)21(16-20-12-7-15-31-20)29-22(26-27-28-29)18-8-3-1-4-9-18/h1-12,15-16H,13-14,17H2,(H,25,30)/b21-16-. The first-order valence-electron chi connectivity index (χ1n) is 10.2. The first-order chi connectivity index (χ1) is 15.3. The minimum Gasteiger partial charge on any atom is -0.465 e. The summed E-state index contributed by atoms with van der Waals surface area (Å²) in [5.74, 6) is 0.768. The number of furan rings is 1. The smallest absolute Gasteiger partial charge is 0.270 e. The van der Waals surface area contributed by atoms with Crippen molar-refractivity contribution in [1.82, 2.24) is 25.5 Å². The summed E-state index contributed by atoms with van der Waals surface area (Å²) >= 11 is 0. The molecule has 7 nitrogen and oxygen atoms in total. The highest BCUT2D eigenvalue weighted by Gasteiger charge is 2.44. The van der Waals surface area contributed by atoms with Crippen LogP contribution in [0.2, 0.25) is 0 Å². The van der Waals surface area contributed by atoms with Gasteiger partial charge < -0.3 is 9.73 Å². The third kappa shape index (κ3) is 3.90. The Balaban J connectivity index is 1.45. The Morgan fingerprint density at radius 2 is 1.77 bits per heavy atom. The highest BCUT2D eigenvalue weighted by molar-refractivity contribution is 6.18. The van der Waals surface area contributed by atoms with E-state index in [2.05, 4.69) is 33.0 Å². The van der Waals surface area contributed by atoms with Gasteiger partial charge in [0, 0.05) is 23.6 Å². The maximum Gasteiger partial charge on any atom is 0.270 e. The summed E-state index contributed by atoms with van der Waals surface area (Å²) in [6.07, 6.45) is 5.32. The predicted octanol–water partition coefficient (Wildman–Crippen LogP) is 3.78. The van der Waals surface area contributed by atoms with Crippen LogP contribution in [-0.4, -0.2) is 32.7 Å². The monoisotopic (exact) mass is 411 g/mol. The van der Waals surface area contributed by atoms with Crippen LogP contribution in [0.1, 0.15) is 24.2 Å². The van der Waals surface area contributed by atoms with Gasteiger partial charge in [0.15, 0.2) is 5.82 Å². The number of carbonyl (C=O) groups is 1. The van der Waals surface area contributed by atoms with Crippen LogP contribution in [0.3, 0.4) is 0 Å². The number of rotatable bonds is 7. The van der Waals surface area contributed by atoms with Crippen molar-refractivity contribution in [1.29, 1.82) is 0 Å². The van der Waals surface area contributed by atoms with Crippen molar-refractivity contribution in [2.75, 3.05) is 6.54 Å². The maximum atomic E-state index is 13.3. The molecular weight excluding hydrogens is 390 g/mol. The number of aromatic nitrogens is 4. The number of carbonyl (C=O) groups excluding carboxylic acids is 1. The van der Waals surface area contributed by atoms with Crippen LogP contribution in [0.25, 0.3) is 23.2 Å². The van der Waals surface area contributed by atoms with Gasteiger partial charge in [-0.2, -0.15) is 4.68 Å². The molecule has 1 amide bonds. The molecule has 154 valence electrons. The van der Waals surface area contributed by atoms with Gasteiger partial charge in [-0.25, -0.2) is 0 Å². The Labute approximate surface area is 179 Å². The van der Waals surface area contributed by atoms with Gasteiger partial charge in [0.05, 0.1) is 6.26 Å². The van der Waals surface area contributed by atoms with Gasteiger partial charge in [-0.3, -0.25) is 4.79 Å². The lowest BCUT2D eigenvalue weighted by Gasteiger charge is -2.17. The van der Waals surface area contributed by atoms with Crippen molar-refractivity contribution in [3.63, 3.8) is 0 Å². The Morgan fingerprint density at radius 1 is 1.03 bits per heavy atom. The van der Waals surface area contributed by atoms with Crippen LogP contribution in [0.15, 0.2) is 83.5 Å². The molecule has 0 saturated heterocycles. The van der Waals surface area contributed by atoms with Crippen LogP contribution in [-0.2, 0) is 10.2 Å². The molecule has 0 aliphatic heterocycles. The first kappa shape index (κ1) is 19.0. The number of nitrogens with zero attached hydrogens (tertiary/aromatic N) is 4. The number of hydrogen-bond acceptors (Lipinski definition) is 5. The van der Waals surface area contributed by atoms with E-state index in [0.29, 0.717) is 23.8 Å². The van der Waals surface area contributed by atoms with Gasteiger partial charge in [0.2, 0.25) is 0 Å². The number of nitrogens with one attached hydrogen (secondary N) is 1. The molecule has 1 saturated carbocycles. The highest BCUT2D eigenvalue weighted by Crippen LogP contribution is 2.47. The van der Waals surface area contributed by atoms with Gasteiger partial charge >= 0.3 is 0 Å². The molecular formula is C24H21N5O2. The minimum atomic E-state index is -0.261. The molecule has 5 rings (SSSR count). The van der Waals surface area contributed by atoms with Crippen LogP contribution in [0.4, 0.5) is 0 Å². The quantitative estimate of drug-likeness (QED) is 0.468. The fraction of sp³-hybridized carbons (Fsp3) is 0.167. The van der Waals surface area contributed by atoms with Gasteiger partial charge in [0.1, 0.15) is 11.5 Å². The zero-order valence-electron chi connectivity index (χ0n) is 16.8. The first-order valence-corrected chi connectivity index (χ1v) is 10.2. The van der Waals surface area contributed by atoms with E-state index in [4.69, 9.17) is 4.42 Å². The largest absolute Gasteiger partial charge is 0.465 e. The second-order valence-electron chi connectivity index (χ2n) is 7.65. The van der Waals surface area contributed by atoms with Crippen LogP contribution >= 0.6 is 0 Å². The van der Waals surface area contributed by atoms with E-state index >= 15 is 0 Å². The average Bonchev–Trinajstić information content (AvgIpc) is 3.20. The molecule has 2 heterocycles. The van der Waals surface area contributed by atoms with Gasteiger partial charge in [-0.15, -0.1) is 5.10 Å². The molecule has 0 bridgehead atoms. The third-order valence-electron chi connectivity index (χ3n) is 5.61. The van der Waals surface area contributed by atoms with Gasteiger partial charge in [-0.05, 0) is 41.0 Å². The topological polar surface area (TPSA) is 85.8 Å². The van der Waals surface area contributed by atoms with Crippen LogP contribution in [0.5, 0.6) is 0 Å². The van der Waals surface area contributed by atoms with E-state index in [1.807, 2.05) is 48.5 Å². The molecule has 1 aliphatic rings. The Kier molecular flexibility index (Phi) is 4.92. The van der Waals surface area contributed by atoms with Gasteiger partial charge in [0.25, 0.3) is 5.91 Å². The van der Waals surface area contributed by atoms with E-state index in [9.17, 15) is 4.79 Å². The third-order valence-corrected chi connectivity index (χ3v) is 5.61. The van der Waals surface area contributed by atoms with Crippen LogP contribution in [0, 0.1) is 0 Å². The van der Waals surface area contributed by atoms with Gasteiger partial charge in [-0.1, -0.05) is 60.7 Å². The lowest BCUT2D eigenvalue weighted by Crippen LogP contribution is -2.34. The lowest BCUT2D eigenvalue weighted by atomic mass is 9.96.